The first-order valence-corrected chi connectivity index (χ1v) is 11.8. The number of hydrogen-bond acceptors (Lipinski definition) is 6. The van der Waals surface area contributed by atoms with Gasteiger partial charge >= 0.3 is 5.97 Å². The molecule has 4 rings (SSSR count). The second kappa shape index (κ2) is 10.4. The van der Waals surface area contributed by atoms with Gasteiger partial charge in [-0.05, 0) is 44.7 Å². The average Bonchev–Trinajstić information content (AvgIpc) is 2.81. The molecule has 1 aromatic heterocycles. The van der Waals surface area contributed by atoms with E-state index in [1.807, 2.05) is 43.0 Å². The molecule has 0 atom stereocenters. The van der Waals surface area contributed by atoms with Gasteiger partial charge in [0.25, 0.3) is 0 Å². The number of aromatic nitrogens is 1. The van der Waals surface area contributed by atoms with Crippen LogP contribution < -0.4 is 0 Å². The van der Waals surface area contributed by atoms with E-state index in [-0.39, 0.29) is 11.9 Å². The molecule has 0 radical (unpaired) electrons. The highest BCUT2D eigenvalue weighted by Crippen LogP contribution is 2.25. The van der Waals surface area contributed by atoms with Crippen LogP contribution in [0.15, 0.2) is 24.3 Å². The molecule has 2 aliphatic heterocycles. The normalized spacial score (nSPS) is 18.1. The molecule has 7 nitrogen and oxygen atoms in total. The Bertz CT molecular complexity index is 963. The van der Waals surface area contributed by atoms with Gasteiger partial charge in [-0.1, -0.05) is 18.2 Å². The van der Waals surface area contributed by atoms with Crippen molar-refractivity contribution in [1.82, 2.24) is 19.7 Å². The summed E-state index contributed by atoms with van der Waals surface area (Å²) >= 11 is 0. The lowest BCUT2D eigenvalue weighted by atomic mass is 10.0. The molecule has 0 aliphatic carbocycles. The molecule has 32 heavy (non-hydrogen) atoms. The lowest BCUT2D eigenvalue weighted by Gasteiger charge is -2.36. The standard InChI is InChI=1S/C25H34N4O3/c1-3-32-25(31)24-19(2)20-9-5-6-10-21(20)26-22(24)17-27-13-15-28(16-14-27)18-23(30)29-11-7-4-8-12-29/h5-6,9-10H,3-4,7-8,11-18H2,1-2H3. The van der Waals surface area contributed by atoms with Crippen molar-refractivity contribution in [2.24, 2.45) is 0 Å². The summed E-state index contributed by atoms with van der Waals surface area (Å²) in [5.41, 5.74) is 3.19. The van der Waals surface area contributed by atoms with Crippen LogP contribution in [0.5, 0.6) is 0 Å². The van der Waals surface area contributed by atoms with E-state index in [2.05, 4.69) is 9.80 Å². The number of carbonyl (C=O) groups is 2. The van der Waals surface area contributed by atoms with Crippen LogP contribution in [0.1, 0.15) is 47.8 Å². The van der Waals surface area contributed by atoms with E-state index in [1.54, 1.807) is 0 Å². The van der Waals surface area contributed by atoms with E-state index in [0.717, 1.165) is 74.3 Å². The monoisotopic (exact) mass is 438 g/mol. The van der Waals surface area contributed by atoms with Crippen LogP contribution >= 0.6 is 0 Å². The number of hydrogen-bond donors (Lipinski definition) is 0. The second-order valence-electron chi connectivity index (χ2n) is 8.79. The number of benzene rings is 1. The molecule has 2 saturated heterocycles. The van der Waals surface area contributed by atoms with Crippen molar-refractivity contribution < 1.29 is 14.3 Å². The number of para-hydroxylation sites is 1. The number of piperazine rings is 1. The van der Waals surface area contributed by atoms with E-state index in [4.69, 9.17) is 9.72 Å². The van der Waals surface area contributed by atoms with Crippen molar-refractivity contribution in [2.75, 3.05) is 52.4 Å². The molecule has 0 N–H and O–H groups in total. The Kier molecular flexibility index (Phi) is 7.37. The van der Waals surface area contributed by atoms with Crippen molar-refractivity contribution in [1.29, 1.82) is 0 Å². The zero-order chi connectivity index (χ0) is 22.5. The third-order valence-electron chi connectivity index (χ3n) is 6.61. The van der Waals surface area contributed by atoms with Crippen LogP contribution in [0, 0.1) is 6.92 Å². The van der Waals surface area contributed by atoms with Crippen molar-refractivity contribution in [3.8, 4) is 0 Å². The lowest BCUT2D eigenvalue weighted by Crippen LogP contribution is -2.50. The Morgan fingerprint density at radius 3 is 2.38 bits per heavy atom. The predicted octanol–water partition coefficient (Wildman–Crippen LogP) is 2.85. The molecule has 1 aromatic carbocycles. The molecule has 3 heterocycles. The Hall–Kier alpha value is -2.51. The number of carbonyl (C=O) groups excluding carboxylic acids is 2. The van der Waals surface area contributed by atoms with Crippen LogP contribution in [-0.4, -0.2) is 84.0 Å². The van der Waals surface area contributed by atoms with Crippen LogP contribution in [0.2, 0.25) is 0 Å². The number of amides is 1. The van der Waals surface area contributed by atoms with Crippen LogP contribution in [0.4, 0.5) is 0 Å². The fraction of sp³-hybridized carbons (Fsp3) is 0.560. The summed E-state index contributed by atoms with van der Waals surface area (Å²) in [6.07, 6.45) is 3.49. The van der Waals surface area contributed by atoms with Gasteiger partial charge in [-0.15, -0.1) is 0 Å². The molecule has 7 heteroatoms. The third-order valence-corrected chi connectivity index (χ3v) is 6.61. The molecular formula is C25H34N4O3. The number of pyridine rings is 1. The number of esters is 1. The topological polar surface area (TPSA) is 66.0 Å². The number of fused-ring (bicyclic) bond motifs is 1. The van der Waals surface area contributed by atoms with Crippen LogP contribution in [0.3, 0.4) is 0 Å². The average molecular weight is 439 g/mol. The van der Waals surface area contributed by atoms with Gasteiger partial charge in [0.05, 0.1) is 29.9 Å². The van der Waals surface area contributed by atoms with Crippen molar-refractivity contribution in [2.45, 2.75) is 39.7 Å². The van der Waals surface area contributed by atoms with E-state index < -0.39 is 0 Å². The van der Waals surface area contributed by atoms with E-state index in [1.165, 1.54) is 6.42 Å². The summed E-state index contributed by atoms with van der Waals surface area (Å²) in [4.78, 5) is 36.8. The molecule has 2 aromatic rings. The highest BCUT2D eigenvalue weighted by molar-refractivity contribution is 5.98. The maximum atomic E-state index is 12.8. The highest BCUT2D eigenvalue weighted by atomic mass is 16.5. The predicted molar refractivity (Wildman–Crippen MR) is 125 cm³/mol. The zero-order valence-electron chi connectivity index (χ0n) is 19.3. The van der Waals surface area contributed by atoms with Crippen molar-refractivity contribution in [3.63, 3.8) is 0 Å². The number of likely N-dealkylation sites (tertiary alicyclic amines) is 1. The SMILES string of the molecule is CCOC(=O)c1c(CN2CCN(CC(=O)N3CCCCC3)CC2)nc2ccccc2c1C. The summed E-state index contributed by atoms with van der Waals surface area (Å²) in [5.74, 6) is -0.0430. The van der Waals surface area contributed by atoms with Gasteiger partial charge in [-0.25, -0.2) is 4.79 Å². The number of ether oxygens (including phenoxy) is 1. The molecule has 2 aliphatic rings. The lowest BCUT2D eigenvalue weighted by molar-refractivity contribution is -0.133. The minimum atomic E-state index is -0.302. The maximum Gasteiger partial charge on any atom is 0.340 e. The molecule has 0 spiro atoms. The Morgan fingerprint density at radius 2 is 1.66 bits per heavy atom. The Balaban J connectivity index is 1.43. The number of piperidine rings is 1. The Labute approximate surface area is 190 Å². The van der Waals surface area contributed by atoms with Gasteiger partial charge in [0.1, 0.15) is 0 Å². The van der Waals surface area contributed by atoms with Gasteiger partial charge in [0.15, 0.2) is 0 Å². The van der Waals surface area contributed by atoms with E-state index in [9.17, 15) is 9.59 Å². The molecule has 0 bridgehead atoms. The summed E-state index contributed by atoms with van der Waals surface area (Å²) in [6.45, 7) is 10.5. The van der Waals surface area contributed by atoms with Gasteiger partial charge in [-0.3, -0.25) is 19.6 Å². The van der Waals surface area contributed by atoms with Crippen molar-refractivity contribution in [3.05, 3.63) is 41.1 Å². The van der Waals surface area contributed by atoms with Crippen LogP contribution in [-0.2, 0) is 16.1 Å². The first kappa shape index (κ1) is 22.7. The summed E-state index contributed by atoms with van der Waals surface area (Å²) < 4.78 is 5.36. The van der Waals surface area contributed by atoms with Gasteiger partial charge in [0.2, 0.25) is 5.91 Å². The molecule has 0 unspecified atom stereocenters. The minimum absolute atomic E-state index is 0.259. The molecule has 1 amide bonds. The fourth-order valence-electron chi connectivity index (χ4n) is 4.78. The van der Waals surface area contributed by atoms with Crippen LogP contribution in [0.25, 0.3) is 10.9 Å². The van der Waals surface area contributed by atoms with Gasteiger partial charge in [0, 0.05) is 51.2 Å². The number of aryl methyl sites for hydroxylation is 1. The molecule has 2 fully saturated rings. The maximum absolute atomic E-state index is 12.8. The summed E-state index contributed by atoms with van der Waals surface area (Å²) in [6, 6.07) is 7.93. The number of nitrogens with zero attached hydrogens (tertiary/aromatic N) is 4. The largest absolute Gasteiger partial charge is 0.462 e. The first-order valence-electron chi connectivity index (χ1n) is 11.8. The quantitative estimate of drug-likeness (QED) is 0.646. The highest BCUT2D eigenvalue weighted by Gasteiger charge is 2.25. The van der Waals surface area contributed by atoms with Crippen molar-refractivity contribution >= 4 is 22.8 Å². The molecule has 172 valence electrons. The van der Waals surface area contributed by atoms with E-state index in [0.29, 0.717) is 25.3 Å². The minimum Gasteiger partial charge on any atom is -0.462 e. The summed E-state index contributed by atoms with van der Waals surface area (Å²) in [7, 11) is 0. The third kappa shape index (κ3) is 5.10. The smallest absolute Gasteiger partial charge is 0.340 e. The molecular weight excluding hydrogens is 404 g/mol. The summed E-state index contributed by atoms with van der Waals surface area (Å²) in [5, 5.41) is 0.986. The second-order valence-corrected chi connectivity index (χ2v) is 8.79. The van der Waals surface area contributed by atoms with Gasteiger partial charge < -0.3 is 9.64 Å². The Morgan fingerprint density at radius 1 is 0.969 bits per heavy atom. The fourth-order valence-corrected chi connectivity index (χ4v) is 4.78. The first-order chi connectivity index (χ1) is 15.6. The van der Waals surface area contributed by atoms with Gasteiger partial charge in [-0.2, -0.15) is 0 Å². The molecule has 0 saturated carbocycles. The van der Waals surface area contributed by atoms with E-state index >= 15 is 0 Å². The zero-order valence-corrected chi connectivity index (χ0v) is 19.3. The number of rotatable bonds is 6.